The summed E-state index contributed by atoms with van der Waals surface area (Å²) in [6, 6.07) is 5.93. The van der Waals surface area contributed by atoms with Crippen LogP contribution in [0, 0.1) is 6.92 Å². The summed E-state index contributed by atoms with van der Waals surface area (Å²) < 4.78 is 1.75. The van der Waals surface area contributed by atoms with Crippen molar-refractivity contribution in [3.63, 3.8) is 0 Å². The Bertz CT molecular complexity index is 675. The van der Waals surface area contributed by atoms with Crippen LogP contribution in [0.1, 0.15) is 10.6 Å². The molecule has 0 atom stereocenters. The number of nitrogens with zero attached hydrogens (tertiary/aromatic N) is 3. The van der Waals surface area contributed by atoms with Crippen LogP contribution >= 0.6 is 22.9 Å². The molecule has 0 bridgehead atoms. The van der Waals surface area contributed by atoms with Crippen molar-refractivity contribution in [2.45, 2.75) is 13.5 Å². The van der Waals surface area contributed by atoms with Gasteiger partial charge in [-0.05, 0) is 18.4 Å². The lowest BCUT2D eigenvalue weighted by atomic mass is 10.4. The van der Waals surface area contributed by atoms with Crippen molar-refractivity contribution in [3.05, 3.63) is 45.5 Å². The van der Waals surface area contributed by atoms with E-state index < -0.39 is 0 Å². The SMILES string of the molecule is Cc1cnc2c(NCc3cccs3)cc(Cl)nn12. The van der Waals surface area contributed by atoms with Crippen molar-refractivity contribution < 1.29 is 0 Å². The molecule has 3 rings (SSSR count). The number of hydrogen-bond donors (Lipinski definition) is 1. The third kappa shape index (κ3) is 2.07. The minimum absolute atomic E-state index is 0.456. The first kappa shape index (κ1) is 11.5. The Morgan fingerprint density at radius 1 is 1.50 bits per heavy atom. The van der Waals surface area contributed by atoms with Gasteiger partial charge in [-0.2, -0.15) is 5.10 Å². The Morgan fingerprint density at radius 2 is 2.39 bits per heavy atom. The molecule has 3 aromatic heterocycles. The molecule has 0 aliphatic rings. The Balaban J connectivity index is 1.95. The molecule has 0 saturated heterocycles. The van der Waals surface area contributed by atoms with E-state index >= 15 is 0 Å². The lowest BCUT2D eigenvalue weighted by Gasteiger charge is -2.07. The van der Waals surface area contributed by atoms with E-state index in [1.165, 1.54) is 4.88 Å². The predicted octanol–water partition coefficient (Wildman–Crippen LogP) is 3.36. The van der Waals surface area contributed by atoms with Crippen LogP contribution in [0.15, 0.2) is 29.8 Å². The molecule has 0 unspecified atom stereocenters. The summed E-state index contributed by atoms with van der Waals surface area (Å²) in [7, 11) is 0. The molecule has 92 valence electrons. The van der Waals surface area contributed by atoms with Crippen LogP contribution in [0.2, 0.25) is 5.15 Å². The molecular formula is C12H11ClN4S. The van der Waals surface area contributed by atoms with Gasteiger partial charge in [0.15, 0.2) is 10.8 Å². The minimum atomic E-state index is 0.456. The smallest absolute Gasteiger partial charge is 0.177 e. The molecule has 0 aromatic carbocycles. The minimum Gasteiger partial charge on any atom is -0.377 e. The van der Waals surface area contributed by atoms with Crippen molar-refractivity contribution in [2.75, 3.05) is 5.32 Å². The number of nitrogens with one attached hydrogen (secondary N) is 1. The topological polar surface area (TPSA) is 42.2 Å². The van der Waals surface area contributed by atoms with Crippen LogP contribution in [0.5, 0.6) is 0 Å². The zero-order valence-electron chi connectivity index (χ0n) is 9.72. The first-order valence-electron chi connectivity index (χ1n) is 5.51. The second kappa shape index (κ2) is 4.59. The summed E-state index contributed by atoms with van der Waals surface area (Å²) in [5.74, 6) is 0. The van der Waals surface area contributed by atoms with Crippen molar-refractivity contribution in [1.82, 2.24) is 14.6 Å². The fraction of sp³-hybridized carbons (Fsp3) is 0.167. The summed E-state index contributed by atoms with van der Waals surface area (Å²) in [6.07, 6.45) is 1.79. The third-order valence-electron chi connectivity index (χ3n) is 2.64. The van der Waals surface area contributed by atoms with Crippen molar-refractivity contribution in [3.8, 4) is 0 Å². The van der Waals surface area contributed by atoms with E-state index in [2.05, 4.69) is 26.8 Å². The molecule has 0 spiro atoms. The maximum Gasteiger partial charge on any atom is 0.177 e. The van der Waals surface area contributed by atoms with Gasteiger partial charge in [-0.1, -0.05) is 17.7 Å². The molecule has 0 amide bonds. The van der Waals surface area contributed by atoms with E-state index in [9.17, 15) is 0 Å². The molecule has 6 heteroatoms. The summed E-state index contributed by atoms with van der Waals surface area (Å²) in [5.41, 5.74) is 2.66. The average Bonchev–Trinajstić information content (AvgIpc) is 2.97. The van der Waals surface area contributed by atoms with Crippen molar-refractivity contribution in [1.29, 1.82) is 0 Å². The normalized spacial score (nSPS) is 11.0. The van der Waals surface area contributed by atoms with Gasteiger partial charge >= 0.3 is 0 Å². The number of aromatic nitrogens is 3. The second-order valence-corrected chi connectivity index (χ2v) is 5.37. The zero-order chi connectivity index (χ0) is 12.5. The van der Waals surface area contributed by atoms with Gasteiger partial charge in [0.05, 0.1) is 17.6 Å². The summed E-state index contributed by atoms with van der Waals surface area (Å²) in [6.45, 7) is 2.71. The monoisotopic (exact) mass is 278 g/mol. The van der Waals surface area contributed by atoms with E-state index in [-0.39, 0.29) is 0 Å². The lowest BCUT2D eigenvalue weighted by molar-refractivity contribution is 0.899. The Morgan fingerprint density at radius 3 is 3.17 bits per heavy atom. The van der Waals surface area contributed by atoms with Gasteiger partial charge < -0.3 is 5.32 Å². The van der Waals surface area contributed by atoms with Gasteiger partial charge in [0, 0.05) is 17.5 Å². The fourth-order valence-corrected chi connectivity index (χ4v) is 2.60. The number of halogens is 1. The van der Waals surface area contributed by atoms with Crippen molar-refractivity contribution >= 4 is 34.3 Å². The van der Waals surface area contributed by atoms with Gasteiger partial charge in [0.25, 0.3) is 0 Å². The summed E-state index contributed by atoms with van der Waals surface area (Å²) in [5, 5.41) is 10.1. The highest BCUT2D eigenvalue weighted by atomic mass is 35.5. The maximum atomic E-state index is 6.02. The summed E-state index contributed by atoms with van der Waals surface area (Å²) in [4.78, 5) is 5.61. The summed E-state index contributed by atoms with van der Waals surface area (Å²) >= 11 is 7.73. The quantitative estimate of drug-likeness (QED) is 0.799. The number of rotatable bonds is 3. The maximum absolute atomic E-state index is 6.02. The Labute approximate surface area is 113 Å². The predicted molar refractivity (Wildman–Crippen MR) is 74.4 cm³/mol. The average molecular weight is 279 g/mol. The Hall–Kier alpha value is -1.59. The molecule has 1 N–H and O–H groups in total. The fourth-order valence-electron chi connectivity index (χ4n) is 1.77. The highest BCUT2D eigenvalue weighted by molar-refractivity contribution is 7.09. The van der Waals surface area contributed by atoms with Gasteiger partial charge in [0.1, 0.15) is 0 Å². The van der Waals surface area contributed by atoms with E-state index in [4.69, 9.17) is 11.6 Å². The first-order valence-corrected chi connectivity index (χ1v) is 6.77. The molecule has 0 aliphatic carbocycles. The van der Waals surface area contributed by atoms with Crippen LogP contribution in [0.25, 0.3) is 5.65 Å². The van der Waals surface area contributed by atoms with Gasteiger partial charge in [-0.25, -0.2) is 9.50 Å². The molecule has 0 aliphatic heterocycles. The molecule has 0 radical (unpaired) electrons. The van der Waals surface area contributed by atoms with Gasteiger partial charge in [0.2, 0.25) is 0 Å². The van der Waals surface area contributed by atoms with E-state index in [1.807, 2.05) is 13.0 Å². The van der Waals surface area contributed by atoms with Gasteiger partial charge in [-0.15, -0.1) is 11.3 Å². The number of hydrogen-bond acceptors (Lipinski definition) is 4. The number of thiophene rings is 1. The van der Waals surface area contributed by atoms with Crippen LogP contribution in [-0.4, -0.2) is 14.6 Å². The number of imidazole rings is 1. The molecule has 18 heavy (non-hydrogen) atoms. The highest BCUT2D eigenvalue weighted by Gasteiger charge is 2.08. The molecule has 3 aromatic rings. The zero-order valence-corrected chi connectivity index (χ0v) is 11.3. The van der Waals surface area contributed by atoms with E-state index in [1.54, 1.807) is 28.1 Å². The van der Waals surface area contributed by atoms with E-state index in [0.29, 0.717) is 5.15 Å². The molecule has 3 heterocycles. The Kier molecular flexibility index (Phi) is 2.93. The number of fused-ring (bicyclic) bond motifs is 1. The van der Waals surface area contributed by atoms with Crippen LogP contribution in [0.3, 0.4) is 0 Å². The largest absolute Gasteiger partial charge is 0.377 e. The third-order valence-corrected chi connectivity index (χ3v) is 3.70. The number of aryl methyl sites for hydroxylation is 1. The van der Waals surface area contributed by atoms with Gasteiger partial charge in [-0.3, -0.25) is 0 Å². The van der Waals surface area contributed by atoms with E-state index in [0.717, 1.165) is 23.6 Å². The number of anilines is 1. The molecular weight excluding hydrogens is 268 g/mol. The highest BCUT2D eigenvalue weighted by Crippen LogP contribution is 2.21. The van der Waals surface area contributed by atoms with Crippen LogP contribution in [-0.2, 0) is 6.54 Å². The van der Waals surface area contributed by atoms with Crippen LogP contribution in [0.4, 0.5) is 5.69 Å². The van der Waals surface area contributed by atoms with Crippen LogP contribution < -0.4 is 5.32 Å². The standard InChI is InChI=1S/C12H11ClN4S/c1-8-6-15-12-10(5-11(13)16-17(8)12)14-7-9-3-2-4-18-9/h2-6,14H,7H2,1H3. The molecule has 0 fully saturated rings. The molecule has 4 nitrogen and oxygen atoms in total. The van der Waals surface area contributed by atoms with Crippen molar-refractivity contribution in [2.24, 2.45) is 0 Å². The second-order valence-electron chi connectivity index (χ2n) is 3.95. The first-order chi connectivity index (χ1) is 8.74. The molecule has 0 saturated carbocycles. The lowest BCUT2D eigenvalue weighted by Crippen LogP contribution is -2.03.